The largest absolute Gasteiger partial charge is 0.329 e. The maximum Gasteiger partial charge on any atom is 0.0301 e. The van der Waals surface area contributed by atoms with Gasteiger partial charge in [0.2, 0.25) is 0 Å². The van der Waals surface area contributed by atoms with E-state index < -0.39 is 0 Å². The van der Waals surface area contributed by atoms with Crippen molar-refractivity contribution in [2.24, 2.45) is 11.1 Å². The highest BCUT2D eigenvalue weighted by Gasteiger charge is 2.35. The molecule has 0 spiro atoms. The fourth-order valence-corrected chi connectivity index (χ4v) is 2.38. The van der Waals surface area contributed by atoms with Gasteiger partial charge < -0.3 is 5.73 Å². The van der Waals surface area contributed by atoms with Crippen LogP contribution in [0.3, 0.4) is 0 Å². The van der Waals surface area contributed by atoms with Crippen LogP contribution in [0.1, 0.15) is 47.0 Å². The molecule has 14 heavy (non-hydrogen) atoms. The molecule has 2 N–H and O–H groups in total. The van der Waals surface area contributed by atoms with E-state index in [1.165, 1.54) is 25.9 Å². The Bertz CT molecular complexity index is 183. The minimum absolute atomic E-state index is 0.220. The number of hydrogen-bond donors (Lipinski definition) is 1. The summed E-state index contributed by atoms with van der Waals surface area (Å²) < 4.78 is 0. The lowest BCUT2D eigenvalue weighted by Crippen LogP contribution is -2.56. The van der Waals surface area contributed by atoms with Crippen molar-refractivity contribution in [3.63, 3.8) is 0 Å². The summed E-state index contributed by atoms with van der Waals surface area (Å²) in [6, 6.07) is 0. The second kappa shape index (κ2) is 4.19. The molecule has 1 aliphatic heterocycles. The van der Waals surface area contributed by atoms with Crippen LogP contribution >= 0.6 is 0 Å². The quantitative estimate of drug-likeness (QED) is 0.753. The van der Waals surface area contributed by atoms with E-state index in [4.69, 9.17) is 5.73 Å². The lowest BCUT2D eigenvalue weighted by molar-refractivity contribution is 0.0261. The summed E-state index contributed by atoms with van der Waals surface area (Å²) in [5, 5.41) is 0. The van der Waals surface area contributed by atoms with E-state index in [9.17, 15) is 0 Å². The molecule has 1 aliphatic rings. The van der Waals surface area contributed by atoms with Gasteiger partial charge in [0, 0.05) is 18.6 Å². The molecule has 0 amide bonds. The lowest BCUT2D eigenvalue weighted by Gasteiger charge is -2.47. The van der Waals surface area contributed by atoms with E-state index in [-0.39, 0.29) is 5.54 Å². The van der Waals surface area contributed by atoms with Gasteiger partial charge in [0.15, 0.2) is 0 Å². The molecule has 1 fully saturated rings. The van der Waals surface area contributed by atoms with E-state index in [0.29, 0.717) is 5.41 Å². The average Bonchev–Trinajstić information content (AvgIpc) is 2.15. The summed E-state index contributed by atoms with van der Waals surface area (Å²) in [4.78, 5) is 2.59. The average molecular weight is 198 g/mol. The van der Waals surface area contributed by atoms with Crippen molar-refractivity contribution in [3.8, 4) is 0 Å². The van der Waals surface area contributed by atoms with Crippen LogP contribution in [0.25, 0.3) is 0 Å². The van der Waals surface area contributed by atoms with Crippen LogP contribution in [0.5, 0.6) is 0 Å². The fraction of sp³-hybridized carbons (Fsp3) is 1.00. The second-order valence-corrected chi connectivity index (χ2v) is 5.74. The van der Waals surface area contributed by atoms with Gasteiger partial charge in [-0.2, -0.15) is 0 Å². The molecule has 0 bridgehead atoms. The third-order valence-corrected chi connectivity index (χ3v) is 3.87. The van der Waals surface area contributed by atoms with Crippen LogP contribution in [0.2, 0.25) is 0 Å². The van der Waals surface area contributed by atoms with Gasteiger partial charge in [0.05, 0.1) is 0 Å². The molecule has 1 unspecified atom stereocenters. The van der Waals surface area contributed by atoms with Crippen LogP contribution < -0.4 is 5.73 Å². The zero-order chi connectivity index (χ0) is 10.8. The molecule has 1 rings (SSSR count). The first kappa shape index (κ1) is 12.0. The summed E-state index contributed by atoms with van der Waals surface area (Å²) in [5.74, 6) is 0. The van der Waals surface area contributed by atoms with Gasteiger partial charge in [-0.05, 0) is 38.1 Å². The number of likely N-dealkylation sites (tertiary alicyclic amines) is 1. The first-order chi connectivity index (χ1) is 6.43. The third kappa shape index (κ3) is 2.48. The Morgan fingerprint density at radius 1 is 1.43 bits per heavy atom. The molecule has 1 atom stereocenters. The fourth-order valence-electron chi connectivity index (χ4n) is 2.38. The molecule has 0 aliphatic carbocycles. The highest BCUT2D eigenvalue weighted by atomic mass is 15.2. The van der Waals surface area contributed by atoms with E-state index in [0.717, 1.165) is 13.0 Å². The summed E-state index contributed by atoms with van der Waals surface area (Å²) in [6.07, 6.45) is 3.83. The lowest BCUT2D eigenvalue weighted by atomic mass is 9.81. The third-order valence-electron chi connectivity index (χ3n) is 3.87. The monoisotopic (exact) mass is 198 g/mol. The Morgan fingerprint density at radius 3 is 2.50 bits per heavy atom. The SMILES string of the molecule is CCC(C)(CN)N1CCCC(C)(C)C1. The van der Waals surface area contributed by atoms with Crippen LogP contribution in [-0.4, -0.2) is 30.1 Å². The molecule has 1 saturated heterocycles. The molecule has 1 heterocycles. The Hall–Kier alpha value is -0.0800. The molecule has 2 heteroatoms. The first-order valence-electron chi connectivity index (χ1n) is 5.89. The number of nitrogens with two attached hydrogens (primary N) is 1. The summed E-state index contributed by atoms with van der Waals surface area (Å²) in [7, 11) is 0. The molecule has 0 aromatic rings. The number of hydrogen-bond acceptors (Lipinski definition) is 2. The topological polar surface area (TPSA) is 29.3 Å². The van der Waals surface area contributed by atoms with Crippen molar-refractivity contribution < 1.29 is 0 Å². The number of piperidine rings is 1. The molecule has 0 aromatic carbocycles. The second-order valence-electron chi connectivity index (χ2n) is 5.74. The van der Waals surface area contributed by atoms with Crippen LogP contribution in [0.15, 0.2) is 0 Å². The van der Waals surface area contributed by atoms with Gasteiger partial charge in [-0.25, -0.2) is 0 Å². The van der Waals surface area contributed by atoms with Gasteiger partial charge in [-0.15, -0.1) is 0 Å². The Kier molecular flexibility index (Phi) is 3.59. The van der Waals surface area contributed by atoms with Gasteiger partial charge in [-0.3, -0.25) is 4.90 Å². The van der Waals surface area contributed by atoms with Gasteiger partial charge in [0.25, 0.3) is 0 Å². The molecule has 0 radical (unpaired) electrons. The number of rotatable bonds is 3. The minimum Gasteiger partial charge on any atom is -0.329 e. The van der Waals surface area contributed by atoms with Crippen LogP contribution in [0.4, 0.5) is 0 Å². The van der Waals surface area contributed by atoms with Crippen molar-refractivity contribution in [1.29, 1.82) is 0 Å². The standard InChI is InChI=1S/C12H26N2/c1-5-12(4,9-13)14-8-6-7-11(2,3)10-14/h5-10,13H2,1-4H3. The maximum atomic E-state index is 5.90. The van der Waals surface area contributed by atoms with E-state index in [1.807, 2.05) is 0 Å². The molecular formula is C12H26N2. The highest BCUT2D eigenvalue weighted by molar-refractivity contribution is 4.91. The van der Waals surface area contributed by atoms with Crippen molar-refractivity contribution in [2.45, 2.75) is 52.5 Å². The molecule has 84 valence electrons. The molecular weight excluding hydrogens is 172 g/mol. The Morgan fingerprint density at radius 2 is 2.07 bits per heavy atom. The normalized spacial score (nSPS) is 27.2. The van der Waals surface area contributed by atoms with Crippen molar-refractivity contribution in [2.75, 3.05) is 19.6 Å². The highest BCUT2D eigenvalue weighted by Crippen LogP contribution is 2.33. The van der Waals surface area contributed by atoms with E-state index >= 15 is 0 Å². The van der Waals surface area contributed by atoms with Crippen molar-refractivity contribution in [1.82, 2.24) is 4.90 Å². The maximum absolute atomic E-state index is 5.90. The predicted molar refractivity (Wildman–Crippen MR) is 62.3 cm³/mol. The summed E-state index contributed by atoms with van der Waals surface area (Å²) >= 11 is 0. The first-order valence-corrected chi connectivity index (χ1v) is 5.89. The smallest absolute Gasteiger partial charge is 0.0301 e. The van der Waals surface area contributed by atoms with Gasteiger partial charge in [0.1, 0.15) is 0 Å². The van der Waals surface area contributed by atoms with Crippen LogP contribution in [0, 0.1) is 5.41 Å². The molecule has 2 nitrogen and oxygen atoms in total. The molecule has 0 saturated carbocycles. The Balaban J connectivity index is 2.67. The van der Waals surface area contributed by atoms with Gasteiger partial charge in [-0.1, -0.05) is 20.8 Å². The minimum atomic E-state index is 0.220. The van der Waals surface area contributed by atoms with Gasteiger partial charge >= 0.3 is 0 Å². The molecule has 0 aromatic heterocycles. The van der Waals surface area contributed by atoms with Crippen molar-refractivity contribution >= 4 is 0 Å². The van der Waals surface area contributed by atoms with E-state index in [2.05, 4.69) is 32.6 Å². The summed E-state index contributed by atoms with van der Waals surface area (Å²) in [5.41, 5.74) is 6.59. The Labute approximate surface area is 88.8 Å². The van der Waals surface area contributed by atoms with E-state index in [1.54, 1.807) is 0 Å². The number of nitrogens with zero attached hydrogens (tertiary/aromatic N) is 1. The zero-order valence-electron chi connectivity index (χ0n) is 10.3. The zero-order valence-corrected chi connectivity index (χ0v) is 10.3. The summed E-state index contributed by atoms with van der Waals surface area (Å²) in [6.45, 7) is 12.5. The van der Waals surface area contributed by atoms with Crippen LogP contribution in [-0.2, 0) is 0 Å². The predicted octanol–water partition coefficient (Wildman–Crippen LogP) is 2.24. The van der Waals surface area contributed by atoms with Crippen molar-refractivity contribution in [3.05, 3.63) is 0 Å².